The van der Waals surface area contributed by atoms with E-state index in [0.29, 0.717) is 0 Å². The predicted octanol–water partition coefficient (Wildman–Crippen LogP) is 3.62. The molecule has 0 amide bonds. The summed E-state index contributed by atoms with van der Waals surface area (Å²) in [5, 5.41) is 0. The van der Waals surface area contributed by atoms with Gasteiger partial charge in [-0.25, -0.2) is 0 Å². The number of rotatable bonds is 3. The number of aryl methyl sites for hydroxylation is 1. The molecule has 0 aliphatic heterocycles. The number of carbonyl (C=O) groups excluding carboxylic acids is 1. The SMILES string of the molecule is CC/C(C)=C\c1cc(C=O)ccc1C. The van der Waals surface area contributed by atoms with Gasteiger partial charge in [-0.15, -0.1) is 0 Å². The van der Waals surface area contributed by atoms with E-state index in [-0.39, 0.29) is 0 Å². The van der Waals surface area contributed by atoms with Crippen molar-refractivity contribution in [3.8, 4) is 0 Å². The van der Waals surface area contributed by atoms with Gasteiger partial charge < -0.3 is 0 Å². The number of carbonyl (C=O) groups is 1. The Morgan fingerprint density at radius 3 is 2.71 bits per heavy atom. The van der Waals surface area contributed by atoms with Crippen molar-refractivity contribution in [2.24, 2.45) is 0 Å². The second-order valence-corrected chi connectivity index (χ2v) is 3.58. The van der Waals surface area contributed by atoms with Gasteiger partial charge in [0.15, 0.2) is 0 Å². The molecule has 0 saturated heterocycles. The van der Waals surface area contributed by atoms with Crippen LogP contribution >= 0.6 is 0 Å². The van der Waals surface area contributed by atoms with Crippen LogP contribution in [0.4, 0.5) is 0 Å². The van der Waals surface area contributed by atoms with Gasteiger partial charge in [0.1, 0.15) is 6.29 Å². The van der Waals surface area contributed by atoms with E-state index in [4.69, 9.17) is 0 Å². The van der Waals surface area contributed by atoms with Crippen molar-refractivity contribution >= 4 is 12.4 Å². The van der Waals surface area contributed by atoms with Crippen LogP contribution in [0, 0.1) is 6.92 Å². The molecule has 0 unspecified atom stereocenters. The molecule has 0 saturated carbocycles. The van der Waals surface area contributed by atoms with E-state index < -0.39 is 0 Å². The molecular formula is C13H16O. The summed E-state index contributed by atoms with van der Waals surface area (Å²) in [6.45, 7) is 6.29. The van der Waals surface area contributed by atoms with E-state index in [1.165, 1.54) is 11.1 Å². The smallest absolute Gasteiger partial charge is 0.150 e. The Hall–Kier alpha value is -1.37. The molecule has 0 radical (unpaired) electrons. The van der Waals surface area contributed by atoms with Crippen molar-refractivity contribution in [3.05, 3.63) is 40.5 Å². The van der Waals surface area contributed by atoms with Gasteiger partial charge in [-0.1, -0.05) is 30.7 Å². The first-order valence-electron chi connectivity index (χ1n) is 4.90. The van der Waals surface area contributed by atoms with E-state index in [1.807, 2.05) is 18.2 Å². The van der Waals surface area contributed by atoms with Crippen molar-refractivity contribution in [2.75, 3.05) is 0 Å². The first-order chi connectivity index (χ1) is 6.67. The van der Waals surface area contributed by atoms with Crippen LogP contribution in [-0.4, -0.2) is 6.29 Å². The molecule has 1 rings (SSSR count). The molecule has 0 aromatic heterocycles. The molecule has 14 heavy (non-hydrogen) atoms. The molecule has 0 aliphatic carbocycles. The molecule has 0 atom stereocenters. The maximum Gasteiger partial charge on any atom is 0.150 e. The van der Waals surface area contributed by atoms with Crippen molar-refractivity contribution in [1.29, 1.82) is 0 Å². The molecule has 1 heteroatoms. The minimum absolute atomic E-state index is 0.741. The van der Waals surface area contributed by atoms with Gasteiger partial charge in [-0.05, 0) is 37.5 Å². The van der Waals surface area contributed by atoms with Crippen LogP contribution in [0.2, 0.25) is 0 Å². The van der Waals surface area contributed by atoms with Crippen LogP contribution in [0.5, 0.6) is 0 Å². The summed E-state index contributed by atoms with van der Waals surface area (Å²) in [4.78, 5) is 10.6. The Balaban J connectivity index is 3.12. The first kappa shape index (κ1) is 10.7. The van der Waals surface area contributed by atoms with Crippen LogP contribution in [-0.2, 0) is 0 Å². The quantitative estimate of drug-likeness (QED) is 0.662. The fourth-order valence-electron chi connectivity index (χ4n) is 1.26. The van der Waals surface area contributed by atoms with Gasteiger partial charge in [-0.3, -0.25) is 4.79 Å². The summed E-state index contributed by atoms with van der Waals surface area (Å²) < 4.78 is 0. The first-order valence-corrected chi connectivity index (χ1v) is 4.90. The molecular weight excluding hydrogens is 172 g/mol. The van der Waals surface area contributed by atoms with Crippen LogP contribution in [0.1, 0.15) is 41.8 Å². The summed E-state index contributed by atoms with van der Waals surface area (Å²) in [5.41, 5.74) is 4.43. The van der Waals surface area contributed by atoms with Crippen molar-refractivity contribution in [1.82, 2.24) is 0 Å². The number of hydrogen-bond donors (Lipinski definition) is 0. The average molecular weight is 188 g/mol. The third-order valence-electron chi connectivity index (χ3n) is 2.40. The lowest BCUT2D eigenvalue weighted by atomic mass is 10.0. The topological polar surface area (TPSA) is 17.1 Å². The molecule has 0 bridgehead atoms. The monoisotopic (exact) mass is 188 g/mol. The van der Waals surface area contributed by atoms with Gasteiger partial charge in [0.25, 0.3) is 0 Å². The molecule has 1 aromatic rings. The van der Waals surface area contributed by atoms with E-state index in [9.17, 15) is 4.79 Å². The zero-order valence-electron chi connectivity index (χ0n) is 9.00. The second-order valence-electron chi connectivity index (χ2n) is 3.58. The molecule has 0 aliphatic rings. The average Bonchev–Trinajstić information content (AvgIpc) is 2.21. The molecule has 0 fully saturated rings. The summed E-state index contributed by atoms with van der Waals surface area (Å²) >= 11 is 0. The van der Waals surface area contributed by atoms with Gasteiger partial charge in [0, 0.05) is 5.56 Å². The molecule has 0 spiro atoms. The predicted molar refractivity (Wildman–Crippen MR) is 60.5 cm³/mol. The van der Waals surface area contributed by atoms with Crippen LogP contribution in [0.15, 0.2) is 23.8 Å². The zero-order valence-corrected chi connectivity index (χ0v) is 9.00. The summed E-state index contributed by atoms with van der Waals surface area (Å²) in [6, 6.07) is 5.76. The standard InChI is InChI=1S/C13H16O/c1-4-10(2)7-13-8-12(9-14)6-5-11(13)3/h5-9H,4H2,1-3H3/b10-7-. The Morgan fingerprint density at radius 2 is 2.14 bits per heavy atom. The highest BCUT2D eigenvalue weighted by molar-refractivity contribution is 5.77. The fourth-order valence-corrected chi connectivity index (χ4v) is 1.26. The maximum absolute atomic E-state index is 10.6. The van der Waals surface area contributed by atoms with Gasteiger partial charge >= 0.3 is 0 Å². The lowest BCUT2D eigenvalue weighted by Gasteiger charge is -2.03. The molecule has 0 heterocycles. The summed E-state index contributed by atoms with van der Waals surface area (Å²) in [5.74, 6) is 0. The minimum Gasteiger partial charge on any atom is -0.298 e. The number of benzene rings is 1. The van der Waals surface area contributed by atoms with Crippen molar-refractivity contribution in [3.63, 3.8) is 0 Å². The maximum atomic E-state index is 10.6. The number of hydrogen-bond acceptors (Lipinski definition) is 1. The number of aldehydes is 1. The van der Waals surface area contributed by atoms with Gasteiger partial charge in [0.05, 0.1) is 0 Å². The van der Waals surface area contributed by atoms with Gasteiger partial charge in [-0.2, -0.15) is 0 Å². The van der Waals surface area contributed by atoms with E-state index in [0.717, 1.165) is 23.8 Å². The minimum atomic E-state index is 0.741. The third kappa shape index (κ3) is 2.56. The Labute approximate surface area is 85.5 Å². The highest BCUT2D eigenvalue weighted by Gasteiger charge is 1.97. The Morgan fingerprint density at radius 1 is 1.43 bits per heavy atom. The van der Waals surface area contributed by atoms with Crippen LogP contribution < -0.4 is 0 Å². The van der Waals surface area contributed by atoms with Crippen LogP contribution in [0.3, 0.4) is 0 Å². The highest BCUT2D eigenvalue weighted by atomic mass is 16.1. The molecule has 1 aromatic carbocycles. The van der Waals surface area contributed by atoms with E-state index >= 15 is 0 Å². The highest BCUT2D eigenvalue weighted by Crippen LogP contribution is 2.15. The van der Waals surface area contributed by atoms with Crippen molar-refractivity contribution < 1.29 is 4.79 Å². The second kappa shape index (κ2) is 4.75. The lowest BCUT2D eigenvalue weighted by molar-refractivity contribution is 0.112. The van der Waals surface area contributed by atoms with Crippen molar-refractivity contribution in [2.45, 2.75) is 27.2 Å². The zero-order chi connectivity index (χ0) is 10.6. The van der Waals surface area contributed by atoms with Gasteiger partial charge in [0.2, 0.25) is 0 Å². The summed E-state index contributed by atoms with van der Waals surface area (Å²) in [6.07, 6.45) is 4.07. The van der Waals surface area contributed by atoms with E-state index in [1.54, 1.807) is 0 Å². The molecule has 74 valence electrons. The largest absolute Gasteiger partial charge is 0.298 e. The fraction of sp³-hybridized carbons (Fsp3) is 0.308. The molecule has 1 nitrogen and oxygen atoms in total. The normalized spacial score (nSPS) is 11.5. The third-order valence-corrected chi connectivity index (χ3v) is 2.40. The lowest BCUT2D eigenvalue weighted by Crippen LogP contribution is -1.86. The molecule has 0 N–H and O–H groups in total. The Kier molecular flexibility index (Phi) is 3.63. The number of allylic oxidation sites excluding steroid dienone is 1. The van der Waals surface area contributed by atoms with E-state index in [2.05, 4.69) is 26.8 Å². The summed E-state index contributed by atoms with van der Waals surface area (Å²) in [7, 11) is 0. The van der Waals surface area contributed by atoms with Crippen LogP contribution in [0.25, 0.3) is 6.08 Å². The Bertz CT molecular complexity index is 361.